The minimum atomic E-state index is -0.995. The number of nitrogens with zero attached hydrogens (tertiary/aromatic N) is 1. The highest BCUT2D eigenvalue weighted by atomic mass is 16.3. The minimum Gasteiger partial charge on any atom is -0.394 e. The number of aliphatic hydroxyl groups is 2. The van der Waals surface area contributed by atoms with Gasteiger partial charge in [-0.2, -0.15) is 0 Å². The van der Waals surface area contributed by atoms with Gasteiger partial charge in [-0.1, -0.05) is 6.92 Å². The first-order valence-electron chi connectivity index (χ1n) is 5.11. The zero-order chi connectivity index (χ0) is 10.4. The standard InChI is InChI=1S/C10H17NO3/c1-9-2-4-11(5-3-9)10(6-12,7-13)8(9)14/h12-13H,2-7H2,1H3. The number of piperidine rings is 3. The maximum absolute atomic E-state index is 12.1. The third-order valence-electron chi connectivity index (χ3n) is 3.97. The lowest BCUT2D eigenvalue weighted by Crippen LogP contribution is -2.71. The van der Waals surface area contributed by atoms with Crippen LogP contribution in [0.4, 0.5) is 0 Å². The Labute approximate surface area is 83.5 Å². The van der Waals surface area contributed by atoms with Crippen molar-refractivity contribution in [3.05, 3.63) is 0 Å². The summed E-state index contributed by atoms with van der Waals surface area (Å²) in [5.74, 6) is 0.0208. The number of hydrogen-bond acceptors (Lipinski definition) is 4. The van der Waals surface area contributed by atoms with E-state index < -0.39 is 5.54 Å². The number of rotatable bonds is 2. The summed E-state index contributed by atoms with van der Waals surface area (Å²) in [4.78, 5) is 14.1. The van der Waals surface area contributed by atoms with E-state index in [-0.39, 0.29) is 24.4 Å². The lowest BCUT2D eigenvalue weighted by molar-refractivity contribution is -0.167. The molecule has 0 aromatic carbocycles. The topological polar surface area (TPSA) is 60.8 Å². The van der Waals surface area contributed by atoms with Crippen molar-refractivity contribution in [3.63, 3.8) is 0 Å². The van der Waals surface area contributed by atoms with Gasteiger partial charge in [0, 0.05) is 18.5 Å². The zero-order valence-electron chi connectivity index (χ0n) is 8.49. The quantitative estimate of drug-likeness (QED) is 0.623. The molecule has 3 aliphatic rings. The number of aliphatic hydroxyl groups excluding tert-OH is 2. The average Bonchev–Trinajstić information content (AvgIpc) is 2.22. The molecule has 80 valence electrons. The second-order valence-electron chi connectivity index (χ2n) is 4.72. The van der Waals surface area contributed by atoms with Crippen LogP contribution in [0.1, 0.15) is 19.8 Å². The highest BCUT2D eigenvalue weighted by molar-refractivity contribution is 5.95. The number of fused-ring (bicyclic) bond motifs is 3. The molecule has 4 nitrogen and oxygen atoms in total. The first kappa shape index (κ1) is 10.1. The van der Waals surface area contributed by atoms with Crippen LogP contribution in [0.2, 0.25) is 0 Å². The number of ketones is 1. The van der Waals surface area contributed by atoms with Gasteiger partial charge in [0.05, 0.1) is 13.2 Å². The molecule has 0 atom stereocenters. The first-order chi connectivity index (χ1) is 6.59. The predicted molar refractivity (Wildman–Crippen MR) is 50.8 cm³/mol. The largest absolute Gasteiger partial charge is 0.394 e. The van der Waals surface area contributed by atoms with Crippen LogP contribution in [0.15, 0.2) is 0 Å². The van der Waals surface area contributed by atoms with E-state index in [2.05, 4.69) is 0 Å². The minimum absolute atomic E-state index is 0.0208. The van der Waals surface area contributed by atoms with Gasteiger partial charge in [0.15, 0.2) is 5.78 Å². The van der Waals surface area contributed by atoms with Gasteiger partial charge in [0.1, 0.15) is 5.54 Å². The van der Waals surface area contributed by atoms with Crippen molar-refractivity contribution < 1.29 is 15.0 Å². The molecule has 0 aromatic heterocycles. The number of carbonyl (C=O) groups excluding carboxylic acids is 1. The monoisotopic (exact) mass is 199 g/mol. The summed E-state index contributed by atoms with van der Waals surface area (Å²) in [5.41, 5.74) is -1.31. The van der Waals surface area contributed by atoms with Crippen LogP contribution in [0.25, 0.3) is 0 Å². The Morgan fingerprint density at radius 1 is 1.29 bits per heavy atom. The van der Waals surface area contributed by atoms with Gasteiger partial charge in [0.2, 0.25) is 0 Å². The number of carbonyl (C=O) groups is 1. The SMILES string of the molecule is CC12CCN(CC1)C(CO)(CO)C2=O. The smallest absolute Gasteiger partial charge is 0.163 e. The van der Waals surface area contributed by atoms with Crippen molar-refractivity contribution in [2.45, 2.75) is 25.3 Å². The van der Waals surface area contributed by atoms with E-state index in [1.165, 1.54) is 0 Å². The van der Waals surface area contributed by atoms with Crippen molar-refractivity contribution in [2.24, 2.45) is 5.41 Å². The highest BCUT2D eigenvalue weighted by Crippen LogP contribution is 2.44. The van der Waals surface area contributed by atoms with Gasteiger partial charge in [-0.25, -0.2) is 0 Å². The molecule has 0 spiro atoms. The average molecular weight is 199 g/mol. The molecule has 3 fully saturated rings. The molecule has 0 unspecified atom stereocenters. The second kappa shape index (κ2) is 3.02. The third kappa shape index (κ3) is 1.02. The predicted octanol–water partition coefficient (Wildman–Crippen LogP) is -0.605. The fourth-order valence-corrected chi connectivity index (χ4v) is 2.75. The molecular weight excluding hydrogens is 182 g/mol. The number of hydrogen-bond donors (Lipinski definition) is 2. The zero-order valence-corrected chi connectivity index (χ0v) is 8.49. The van der Waals surface area contributed by atoms with Crippen LogP contribution in [-0.2, 0) is 4.79 Å². The lowest BCUT2D eigenvalue weighted by Gasteiger charge is -2.55. The third-order valence-corrected chi connectivity index (χ3v) is 3.97. The maximum atomic E-state index is 12.1. The maximum Gasteiger partial charge on any atom is 0.163 e. The Hall–Kier alpha value is -0.450. The number of Topliss-reactive ketones (excluding diaryl/α,β-unsaturated/α-hetero) is 1. The molecule has 0 radical (unpaired) electrons. The van der Waals surface area contributed by atoms with E-state index >= 15 is 0 Å². The molecule has 3 heterocycles. The van der Waals surface area contributed by atoms with Crippen molar-refractivity contribution >= 4 is 5.78 Å². The van der Waals surface area contributed by atoms with Crippen LogP contribution in [0, 0.1) is 5.41 Å². The van der Waals surface area contributed by atoms with Crippen molar-refractivity contribution in [2.75, 3.05) is 26.3 Å². The molecule has 3 aliphatic heterocycles. The van der Waals surface area contributed by atoms with Crippen molar-refractivity contribution in [3.8, 4) is 0 Å². The highest BCUT2D eigenvalue weighted by Gasteiger charge is 2.57. The van der Waals surface area contributed by atoms with Gasteiger partial charge in [-0.05, 0) is 12.8 Å². The Bertz CT molecular complexity index is 252. The summed E-state index contributed by atoms with van der Waals surface area (Å²) in [6.07, 6.45) is 1.71. The Kier molecular flexibility index (Phi) is 2.17. The van der Waals surface area contributed by atoms with Crippen LogP contribution < -0.4 is 0 Å². The normalized spacial score (nSPS) is 40.2. The van der Waals surface area contributed by atoms with Crippen LogP contribution in [0.3, 0.4) is 0 Å². The van der Waals surface area contributed by atoms with Crippen LogP contribution in [-0.4, -0.2) is 52.7 Å². The Morgan fingerprint density at radius 2 is 1.79 bits per heavy atom. The summed E-state index contributed by atoms with van der Waals surface area (Å²) in [6, 6.07) is 0. The molecule has 2 bridgehead atoms. The molecule has 0 aromatic rings. The summed E-state index contributed by atoms with van der Waals surface area (Å²) >= 11 is 0. The van der Waals surface area contributed by atoms with Gasteiger partial charge >= 0.3 is 0 Å². The molecule has 4 heteroatoms. The molecule has 0 aliphatic carbocycles. The van der Waals surface area contributed by atoms with Gasteiger partial charge in [-0.3, -0.25) is 9.69 Å². The van der Waals surface area contributed by atoms with E-state index in [1.54, 1.807) is 0 Å². The summed E-state index contributed by atoms with van der Waals surface area (Å²) < 4.78 is 0. The van der Waals surface area contributed by atoms with Crippen molar-refractivity contribution in [1.82, 2.24) is 4.90 Å². The Morgan fingerprint density at radius 3 is 2.14 bits per heavy atom. The molecular formula is C10H17NO3. The van der Waals surface area contributed by atoms with E-state index in [4.69, 9.17) is 0 Å². The second-order valence-corrected chi connectivity index (χ2v) is 4.72. The summed E-state index contributed by atoms with van der Waals surface area (Å²) in [7, 11) is 0. The molecule has 3 rings (SSSR count). The molecule has 2 N–H and O–H groups in total. The van der Waals surface area contributed by atoms with E-state index in [0.29, 0.717) is 0 Å². The van der Waals surface area contributed by atoms with Crippen LogP contribution in [0.5, 0.6) is 0 Å². The fraction of sp³-hybridized carbons (Fsp3) is 0.900. The molecule has 0 amide bonds. The fourth-order valence-electron chi connectivity index (χ4n) is 2.75. The van der Waals surface area contributed by atoms with E-state index in [0.717, 1.165) is 25.9 Å². The lowest BCUT2D eigenvalue weighted by atomic mass is 9.64. The first-order valence-corrected chi connectivity index (χ1v) is 5.11. The molecule has 0 saturated carbocycles. The van der Waals surface area contributed by atoms with Crippen molar-refractivity contribution in [1.29, 1.82) is 0 Å². The van der Waals surface area contributed by atoms with Gasteiger partial charge < -0.3 is 10.2 Å². The van der Waals surface area contributed by atoms with Gasteiger partial charge in [-0.15, -0.1) is 0 Å². The van der Waals surface area contributed by atoms with E-state index in [9.17, 15) is 15.0 Å². The molecule has 3 saturated heterocycles. The Balaban J connectivity index is 2.39. The summed E-state index contributed by atoms with van der Waals surface area (Å²) in [6.45, 7) is 3.04. The van der Waals surface area contributed by atoms with Crippen LogP contribution >= 0.6 is 0 Å². The molecule has 14 heavy (non-hydrogen) atoms. The van der Waals surface area contributed by atoms with Gasteiger partial charge in [0.25, 0.3) is 0 Å². The van der Waals surface area contributed by atoms with E-state index in [1.807, 2.05) is 11.8 Å². The summed E-state index contributed by atoms with van der Waals surface area (Å²) in [5, 5.41) is 18.7.